The van der Waals surface area contributed by atoms with E-state index in [2.05, 4.69) is 6.07 Å². The quantitative estimate of drug-likeness (QED) is 0.637. The van der Waals surface area contributed by atoms with Crippen LogP contribution in [0.25, 0.3) is 0 Å². The molecule has 2 aromatic carbocycles. The number of ether oxygens (including phenoxy) is 1. The lowest BCUT2D eigenvalue weighted by Gasteiger charge is -2.41. The average Bonchev–Trinajstić information content (AvgIpc) is 2.64. The standard InChI is InChI=1S/C21H21NO4/c1-4-26-19(25)20(3,15(2)23)21(14-22,16-8-6-5-7-9-16)17-10-12-18(24)13-11-17/h5-13,24H,4H2,1-3H3. The number of nitriles is 1. The molecule has 134 valence electrons. The molecule has 2 unspecified atom stereocenters. The van der Waals surface area contributed by atoms with Gasteiger partial charge in [0.25, 0.3) is 0 Å². The molecule has 26 heavy (non-hydrogen) atoms. The molecule has 2 aromatic rings. The Bertz CT molecular complexity index is 839. The molecule has 0 saturated heterocycles. The first-order valence-electron chi connectivity index (χ1n) is 8.29. The van der Waals surface area contributed by atoms with Gasteiger partial charge in [0.1, 0.15) is 22.4 Å². The second-order valence-corrected chi connectivity index (χ2v) is 6.18. The highest BCUT2D eigenvalue weighted by Gasteiger charge is 2.60. The minimum atomic E-state index is -1.77. The average molecular weight is 351 g/mol. The summed E-state index contributed by atoms with van der Waals surface area (Å²) in [6.07, 6.45) is 0. The van der Waals surface area contributed by atoms with E-state index in [0.717, 1.165) is 0 Å². The van der Waals surface area contributed by atoms with Gasteiger partial charge in [-0.3, -0.25) is 9.59 Å². The molecule has 0 saturated carbocycles. The molecule has 0 radical (unpaired) electrons. The SMILES string of the molecule is CCOC(=O)C(C)(C(C)=O)C(C#N)(c1ccccc1)c1ccc(O)cc1. The molecule has 2 atom stereocenters. The van der Waals surface area contributed by atoms with Gasteiger partial charge in [0, 0.05) is 0 Å². The van der Waals surface area contributed by atoms with Crippen molar-refractivity contribution in [3.63, 3.8) is 0 Å². The van der Waals surface area contributed by atoms with Gasteiger partial charge in [-0.2, -0.15) is 5.26 Å². The molecule has 5 nitrogen and oxygen atoms in total. The van der Waals surface area contributed by atoms with E-state index in [-0.39, 0.29) is 12.4 Å². The summed E-state index contributed by atoms with van der Waals surface area (Å²) in [6, 6.07) is 16.9. The Kier molecular flexibility index (Phi) is 5.47. The van der Waals surface area contributed by atoms with E-state index in [1.54, 1.807) is 49.4 Å². The molecular formula is C21H21NO4. The van der Waals surface area contributed by atoms with Gasteiger partial charge in [-0.15, -0.1) is 0 Å². The van der Waals surface area contributed by atoms with Gasteiger partial charge in [-0.05, 0) is 44.0 Å². The Morgan fingerprint density at radius 2 is 1.62 bits per heavy atom. The Labute approximate surface area is 152 Å². The van der Waals surface area contributed by atoms with E-state index >= 15 is 0 Å². The third-order valence-electron chi connectivity index (χ3n) is 4.81. The van der Waals surface area contributed by atoms with Crippen LogP contribution < -0.4 is 0 Å². The lowest BCUT2D eigenvalue weighted by Crippen LogP contribution is -2.54. The van der Waals surface area contributed by atoms with Gasteiger partial charge in [0.05, 0.1) is 12.7 Å². The summed E-state index contributed by atoms with van der Waals surface area (Å²) in [5, 5.41) is 19.9. The van der Waals surface area contributed by atoms with Crippen LogP contribution >= 0.6 is 0 Å². The Morgan fingerprint density at radius 1 is 1.08 bits per heavy atom. The summed E-state index contributed by atoms with van der Waals surface area (Å²) in [4.78, 5) is 25.6. The number of aromatic hydroxyl groups is 1. The van der Waals surface area contributed by atoms with Gasteiger partial charge in [0.2, 0.25) is 0 Å². The Balaban J connectivity index is 2.91. The van der Waals surface area contributed by atoms with Crippen LogP contribution in [0.3, 0.4) is 0 Å². The molecule has 0 bridgehead atoms. The van der Waals surface area contributed by atoms with Crippen LogP contribution in [-0.2, 0) is 19.7 Å². The fourth-order valence-corrected chi connectivity index (χ4v) is 3.22. The molecule has 0 aliphatic carbocycles. The van der Waals surface area contributed by atoms with Crippen molar-refractivity contribution >= 4 is 11.8 Å². The zero-order valence-corrected chi connectivity index (χ0v) is 15.0. The van der Waals surface area contributed by atoms with Crippen LogP contribution in [0.4, 0.5) is 0 Å². The van der Waals surface area contributed by atoms with Crippen LogP contribution in [-0.4, -0.2) is 23.5 Å². The first-order chi connectivity index (χ1) is 12.3. The molecular weight excluding hydrogens is 330 g/mol. The number of phenols is 1. The minimum absolute atomic E-state index is 0.0225. The van der Waals surface area contributed by atoms with E-state index in [0.29, 0.717) is 11.1 Å². The molecule has 0 heterocycles. The van der Waals surface area contributed by atoms with Crippen molar-refractivity contribution in [2.24, 2.45) is 5.41 Å². The predicted molar refractivity (Wildman–Crippen MR) is 96.4 cm³/mol. The van der Waals surface area contributed by atoms with E-state index < -0.39 is 22.6 Å². The van der Waals surface area contributed by atoms with Crippen molar-refractivity contribution in [3.8, 4) is 11.8 Å². The van der Waals surface area contributed by atoms with Gasteiger partial charge < -0.3 is 9.84 Å². The number of ketones is 1. The van der Waals surface area contributed by atoms with Gasteiger partial charge in [0.15, 0.2) is 0 Å². The molecule has 0 spiro atoms. The van der Waals surface area contributed by atoms with E-state index in [9.17, 15) is 20.0 Å². The summed E-state index contributed by atoms with van der Waals surface area (Å²) in [6.45, 7) is 4.46. The molecule has 2 rings (SSSR count). The zero-order valence-electron chi connectivity index (χ0n) is 15.0. The summed E-state index contributed by atoms with van der Waals surface area (Å²) in [5.74, 6) is -1.21. The maximum absolute atomic E-state index is 12.9. The second-order valence-electron chi connectivity index (χ2n) is 6.18. The van der Waals surface area contributed by atoms with Gasteiger partial charge >= 0.3 is 5.97 Å². The van der Waals surface area contributed by atoms with E-state index in [4.69, 9.17) is 4.74 Å². The number of esters is 1. The van der Waals surface area contributed by atoms with Crippen LogP contribution in [0.15, 0.2) is 54.6 Å². The number of carbonyl (C=O) groups excluding carboxylic acids is 2. The zero-order chi connectivity index (χ0) is 19.4. The first-order valence-corrected chi connectivity index (χ1v) is 8.29. The van der Waals surface area contributed by atoms with E-state index in [1.807, 2.05) is 0 Å². The topological polar surface area (TPSA) is 87.4 Å². The number of benzene rings is 2. The highest BCUT2D eigenvalue weighted by atomic mass is 16.5. The van der Waals surface area contributed by atoms with Crippen LogP contribution in [0.2, 0.25) is 0 Å². The van der Waals surface area contributed by atoms with Crippen molar-refractivity contribution in [2.75, 3.05) is 6.61 Å². The number of rotatable bonds is 6. The number of phenolic OH excluding ortho intramolecular Hbond substituents is 1. The number of hydrogen-bond acceptors (Lipinski definition) is 5. The summed E-state index contributed by atoms with van der Waals surface area (Å²) in [5.41, 5.74) is -2.45. The largest absolute Gasteiger partial charge is 0.508 e. The normalized spacial score (nSPS) is 15.2. The predicted octanol–water partition coefficient (Wildman–Crippen LogP) is 3.36. The van der Waals surface area contributed by atoms with Gasteiger partial charge in [-0.1, -0.05) is 42.5 Å². The number of hydrogen-bond donors (Lipinski definition) is 1. The molecule has 5 heteroatoms. The molecule has 0 aromatic heterocycles. The molecule has 1 N–H and O–H groups in total. The summed E-state index contributed by atoms with van der Waals surface area (Å²) < 4.78 is 5.18. The lowest BCUT2D eigenvalue weighted by molar-refractivity contribution is -0.161. The van der Waals surface area contributed by atoms with Gasteiger partial charge in [-0.25, -0.2) is 0 Å². The highest BCUT2D eigenvalue weighted by Crippen LogP contribution is 2.48. The Hall–Kier alpha value is -3.13. The van der Waals surface area contributed by atoms with Crippen LogP contribution in [0.1, 0.15) is 31.9 Å². The summed E-state index contributed by atoms with van der Waals surface area (Å²) >= 11 is 0. The molecule has 0 amide bonds. The monoisotopic (exact) mass is 351 g/mol. The number of carbonyl (C=O) groups is 2. The highest BCUT2D eigenvalue weighted by molar-refractivity contribution is 6.05. The van der Waals surface area contributed by atoms with Crippen molar-refractivity contribution in [1.29, 1.82) is 5.26 Å². The third-order valence-corrected chi connectivity index (χ3v) is 4.81. The molecule has 0 aliphatic heterocycles. The fourth-order valence-electron chi connectivity index (χ4n) is 3.22. The molecule has 0 fully saturated rings. The second kappa shape index (κ2) is 7.40. The number of nitrogens with zero attached hydrogens (tertiary/aromatic N) is 1. The van der Waals surface area contributed by atoms with Crippen molar-refractivity contribution in [2.45, 2.75) is 26.2 Å². The maximum Gasteiger partial charge on any atom is 0.321 e. The summed E-state index contributed by atoms with van der Waals surface area (Å²) in [7, 11) is 0. The lowest BCUT2D eigenvalue weighted by atomic mass is 9.56. The minimum Gasteiger partial charge on any atom is -0.508 e. The third kappa shape index (κ3) is 2.84. The van der Waals surface area contributed by atoms with Crippen molar-refractivity contribution < 1.29 is 19.4 Å². The fraction of sp³-hybridized carbons (Fsp3) is 0.286. The maximum atomic E-state index is 12.9. The van der Waals surface area contributed by atoms with Crippen LogP contribution in [0, 0.1) is 16.7 Å². The van der Waals surface area contributed by atoms with E-state index in [1.165, 1.54) is 26.0 Å². The number of Topliss-reactive ketones (excluding diaryl/α,β-unsaturated/α-hetero) is 1. The Morgan fingerprint density at radius 3 is 2.08 bits per heavy atom. The van der Waals surface area contributed by atoms with Crippen molar-refractivity contribution in [1.82, 2.24) is 0 Å². The van der Waals surface area contributed by atoms with Crippen LogP contribution in [0.5, 0.6) is 5.75 Å². The van der Waals surface area contributed by atoms with Crippen molar-refractivity contribution in [3.05, 3.63) is 65.7 Å². The smallest absolute Gasteiger partial charge is 0.321 e. The first kappa shape index (κ1) is 19.2. The molecule has 0 aliphatic rings.